The Balaban J connectivity index is 1.76. The summed E-state index contributed by atoms with van der Waals surface area (Å²) < 4.78 is 2.17. The van der Waals surface area contributed by atoms with E-state index < -0.39 is 0 Å². The van der Waals surface area contributed by atoms with Crippen LogP contribution < -0.4 is 11.1 Å². The number of nitrogens with zero attached hydrogens (tertiary/aromatic N) is 3. The van der Waals surface area contributed by atoms with Crippen LogP contribution in [0.5, 0.6) is 0 Å². The smallest absolute Gasteiger partial charge is 0.135 e. The predicted octanol–water partition coefficient (Wildman–Crippen LogP) is 0.756. The van der Waals surface area contributed by atoms with Crippen LogP contribution in [0.25, 0.3) is 0 Å². The van der Waals surface area contributed by atoms with Crippen LogP contribution >= 0.6 is 0 Å². The topological polar surface area (TPSA) is 68.8 Å². The summed E-state index contributed by atoms with van der Waals surface area (Å²) in [7, 11) is 0. The molecule has 5 heteroatoms. The largest absolute Gasteiger partial charge is 0.314 e. The van der Waals surface area contributed by atoms with E-state index in [4.69, 9.17) is 5.73 Å². The Morgan fingerprint density at radius 1 is 1.24 bits per heavy atom. The van der Waals surface area contributed by atoms with Gasteiger partial charge in [0, 0.05) is 18.9 Å². The molecule has 2 atom stereocenters. The van der Waals surface area contributed by atoms with Gasteiger partial charge in [0.05, 0.1) is 6.17 Å². The summed E-state index contributed by atoms with van der Waals surface area (Å²) >= 11 is 0. The number of fused-ring (bicyclic) bond motifs is 1. The summed E-state index contributed by atoms with van der Waals surface area (Å²) in [5.41, 5.74) is 6.16. The molecule has 3 rings (SSSR count). The zero-order chi connectivity index (χ0) is 11.7. The Bertz CT molecular complexity index is 380. The highest BCUT2D eigenvalue weighted by Crippen LogP contribution is 2.22. The van der Waals surface area contributed by atoms with E-state index in [9.17, 15) is 0 Å². The van der Waals surface area contributed by atoms with E-state index in [1.165, 1.54) is 19.3 Å². The van der Waals surface area contributed by atoms with Crippen LogP contribution in [0.3, 0.4) is 0 Å². The number of aryl methyl sites for hydroxylation is 1. The molecule has 0 aromatic carbocycles. The molecule has 0 saturated carbocycles. The van der Waals surface area contributed by atoms with Crippen molar-refractivity contribution in [1.29, 1.82) is 0 Å². The molecule has 2 aliphatic rings. The Kier molecular flexibility index (Phi) is 3.11. The average Bonchev–Trinajstić information content (AvgIpc) is 2.75. The molecule has 2 unspecified atom stereocenters. The minimum atomic E-state index is 0.0901. The van der Waals surface area contributed by atoms with Crippen molar-refractivity contribution < 1.29 is 0 Å². The van der Waals surface area contributed by atoms with Crippen molar-refractivity contribution in [2.24, 2.45) is 5.73 Å². The third kappa shape index (κ3) is 2.21. The summed E-state index contributed by atoms with van der Waals surface area (Å²) in [4.78, 5) is 0. The Morgan fingerprint density at radius 2 is 2.18 bits per heavy atom. The van der Waals surface area contributed by atoms with Gasteiger partial charge in [-0.3, -0.25) is 4.57 Å². The minimum absolute atomic E-state index is 0.0901. The first kappa shape index (κ1) is 11.2. The van der Waals surface area contributed by atoms with Gasteiger partial charge in [-0.25, -0.2) is 0 Å². The summed E-state index contributed by atoms with van der Waals surface area (Å²) in [5.74, 6) is 2.15. The molecule has 0 radical (unpaired) electrons. The number of nitrogens with one attached hydrogen (secondary N) is 1. The van der Waals surface area contributed by atoms with E-state index in [0.717, 1.165) is 43.9 Å². The van der Waals surface area contributed by atoms with Gasteiger partial charge in [0.1, 0.15) is 11.6 Å². The fourth-order valence-electron chi connectivity index (χ4n) is 2.97. The molecule has 94 valence electrons. The summed E-state index contributed by atoms with van der Waals surface area (Å²) in [6.07, 6.45) is 8.15. The molecule has 17 heavy (non-hydrogen) atoms. The fraction of sp³-hybridized carbons (Fsp3) is 0.833. The van der Waals surface area contributed by atoms with E-state index in [1.807, 2.05) is 0 Å². The van der Waals surface area contributed by atoms with E-state index in [1.54, 1.807) is 0 Å². The second-order valence-corrected chi connectivity index (χ2v) is 5.21. The number of hydrogen-bond donors (Lipinski definition) is 2. The van der Waals surface area contributed by atoms with Gasteiger partial charge in [-0.15, -0.1) is 10.2 Å². The number of aromatic nitrogens is 3. The molecule has 3 heterocycles. The van der Waals surface area contributed by atoms with Gasteiger partial charge < -0.3 is 11.1 Å². The maximum atomic E-state index is 6.16. The lowest BCUT2D eigenvalue weighted by Gasteiger charge is -2.26. The molecular formula is C12H21N5. The Morgan fingerprint density at radius 3 is 3.00 bits per heavy atom. The summed E-state index contributed by atoms with van der Waals surface area (Å²) in [6.45, 7) is 1.14. The highest BCUT2D eigenvalue weighted by molar-refractivity contribution is 5.03. The molecule has 0 amide bonds. The summed E-state index contributed by atoms with van der Waals surface area (Å²) in [6, 6.07) is 0.561. The first-order valence-corrected chi connectivity index (χ1v) is 6.76. The van der Waals surface area contributed by atoms with E-state index in [0.29, 0.717) is 6.04 Å². The van der Waals surface area contributed by atoms with Crippen LogP contribution in [0.2, 0.25) is 0 Å². The highest BCUT2D eigenvalue weighted by atomic mass is 15.3. The van der Waals surface area contributed by atoms with Crippen molar-refractivity contribution in [3.05, 3.63) is 11.6 Å². The lowest BCUT2D eigenvalue weighted by Crippen LogP contribution is -2.37. The maximum Gasteiger partial charge on any atom is 0.135 e. The molecule has 2 aliphatic heterocycles. The minimum Gasteiger partial charge on any atom is -0.314 e. The third-order valence-corrected chi connectivity index (χ3v) is 3.91. The number of piperidine rings is 1. The quantitative estimate of drug-likeness (QED) is 0.794. The zero-order valence-corrected chi connectivity index (χ0v) is 10.2. The van der Waals surface area contributed by atoms with E-state index >= 15 is 0 Å². The van der Waals surface area contributed by atoms with E-state index in [-0.39, 0.29) is 6.17 Å². The zero-order valence-electron chi connectivity index (χ0n) is 10.2. The van der Waals surface area contributed by atoms with Crippen molar-refractivity contribution in [1.82, 2.24) is 20.1 Å². The van der Waals surface area contributed by atoms with Crippen molar-refractivity contribution in [2.45, 2.75) is 57.2 Å². The van der Waals surface area contributed by atoms with Crippen molar-refractivity contribution >= 4 is 0 Å². The molecule has 5 nitrogen and oxygen atoms in total. The standard InChI is InChI=1S/C12H21N5/c13-10-5-3-6-11-15-16-12(17(10)11)8-9-4-1-2-7-14-9/h9-10,14H,1-8,13H2. The van der Waals surface area contributed by atoms with Crippen molar-refractivity contribution in [3.8, 4) is 0 Å². The van der Waals surface area contributed by atoms with Gasteiger partial charge >= 0.3 is 0 Å². The van der Waals surface area contributed by atoms with Gasteiger partial charge in [0.15, 0.2) is 0 Å². The fourth-order valence-corrected chi connectivity index (χ4v) is 2.97. The van der Waals surface area contributed by atoms with Crippen LogP contribution in [0.15, 0.2) is 0 Å². The highest BCUT2D eigenvalue weighted by Gasteiger charge is 2.24. The first-order chi connectivity index (χ1) is 8.34. The van der Waals surface area contributed by atoms with Crippen molar-refractivity contribution in [2.75, 3.05) is 6.54 Å². The monoisotopic (exact) mass is 235 g/mol. The number of nitrogens with two attached hydrogens (primary N) is 1. The van der Waals surface area contributed by atoms with Gasteiger partial charge in [-0.05, 0) is 32.2 Å². The second-order valence-electron chi connectivity index (χ2n) is 5.21. The lowest BCUT2D eigenvalue weighted by molar-refractivity contribution is 0.364. The van der Waals surface area contributed by atoms with Crippen LogP contribution in [0.4, 0.5) is 0 Å². The van der Waals surface area contributed by atoms with Crippen LogP contribution in [-0.2, 0) is 12.8 Å². The Hall–Kier alpha value is -0.940. The van der Waals surface area contributed by atoms with Gasteiger partial charge in [-0.2, -0.15) is 0 Å². The molecule has 0 bridgehead atoms. The molecule has 3 N–H and O–H groups in total. The van der Waals surface area contributed by atoms with Gasteiger partial charge in [0.25, 0.3) is 0 Å². The van der Waals surface area contributed by atoms with Crippen LogP contribution in [0.1, 0.15) is 49.9 Å². The third-order valence-electron chi connectivity index (χ3n) is 3.91. The molecule has 1 aromatic rings. The first-order valence-electron chi connectivity index (χ1n) is 6.76. The average molecular weight is 235 g/mol. The number of rotatable bonds is 2. The molecule has 0 aliphatic carbocycles. The SMILES string of the molecule is NC1CCCc2nnc(CC3CCCCN3)n21. The molecular weight excluding hydrogens is 214 g/mol. The lowest BCUT2D eigenvalue weighted by atomic mass is 10.0. The molecule has 1 fully saturated rings. The molecule has 1 aromatic heterocycles. The van der Waals surface area contributed by atoms with E-state index in [2.05, 4.69) is 20.1 Å². The van der Waals surface area contributed by atoms with Gasteiger partial charge in [0.2, 0.25) is 0 Å². The second kappa shape index (κ2) is 4.74. The van der Waals surface area contributed by atoms with Crippen LogP contribution in [0, 0.1) is 0 Å². The molecule has 0 spiro atoms. The normalized spacial score (nSPS) is 29.0. The molecule has 1 saturated heterocycles. The Labute approximate surface area is 102 Å². The number of hydrogen-bond acceptors (Lipinski definition) is 4. The maximum absolute atomic E-state index is 6.16. The summed E-state index contributed by atoms with van der Waals surface area (Å²) in [5, 5.41) is 12.2. The predicted molar refractivity (Wildman–Crippen MR) is 65.5 cm³/mol. The van der Waals surface area contributed by atoms with Gasteiger partial charge in [-0.1, -0.05) is 6.42 Å². The van der Waals surface area contributed by atoms with Crippen molar-refractivity contribution in [3.63, 3.8) is 0 Å². The van der Waals surface area contributed by atoms with Crippen LogP contribution in [-0.4, -0.2) is 27.4 Å².